The summed E-state index contributed by atoms with van der Waals surface area (Å²) < 4.78 is 5.14. The molecule has 2 rings (SSSR count). The molecule has 19 heavy (non-hydrogen) atoms. The molecule has 0 amide bonds. The van der Waals surface area contributed by atoms with Crippen molar-refractivity contribution in [3.63, 3.8) is 0 Å². The van der Waals surface area contributed by atoms with Crippen molar-refractivity contribution >= 4 is 11.8 Å². The molecule has 0 aromatic heterocycles. The highest BCUT2D eigenvalue weighted by Crippen LogP contribution is 2.24. The molecule has 4 nitrogen and oxygen atoms in total. The normalized spacial score (nSPS) is 9.95. The molecule has 0 unspecified atom stereocenters. The average molecular weight is 256 g/mol. The first kappa shape index (κ1) is 12.8. The van der Waals surface area contributed by atoms with Crippen LogP contribution in [0.4, 0.5) is 0 Å². The summed E-state index contributed by atoms with van der Waals surface area (Å²) in [6.07, 6.45) is 0. The second kappa shape index (κ2) is 5.35. The summed E-state index contributed by atoms with van der Waals surface area (Å²) in [6.45, 7) is 1.33. The van der Waals surface area contributed by atoms with Crippen LogP contribution in [0.2, 0.25) is 0 Å². The quantitative estimate of drug-likeness (QED) is 0.521. The molecule has 0 bridgehead atoms. The van der Waals surface area contributed by atoms with Crippen LogP contribution in [0.25, 0.3) is 0 Å². The van der Waals surface area contributed by atoms with Crippen LogP contribution >= 0.6 is 0 Å². The third kappa shape index (κ3) is 2.98. The molecule has 2 aromatic rings. The number of phenols is 1. The highest BCUT2D eigenvalue weighted by Gasteiger charge is 2.11. The second-order valence-corrected chi connectivity index (χ2v) is 3.99. The molecule has 0 aliphatic rings. The van der Waals surface area contributed by atoms with E-state index in [-0.39, 0.29) is 22.8 Å². The lowest BCUT2D eigenvalue weighted by Crippen LogP contribution is -2.08. The Bertz CT molecular complexity index is 617. The minimum absolute atomic E-state index is 0.123. The lowest BCUT2D eigenvalue weighted by atomic mass is 10.1. The number of Topliss-reactive ketones (excluding diaryl/α,β-unsaturated/α-hetero) is 1. The van der Waals surface area contributed by atoms with Crippen molar-refractivity contribution in [2.24, 2.45) is 0 Å². The fraction of sp³-hybridized carbons (Fsp3) is 0.0667. The van der Waals surface area contributed by atoms with Crippen molar-refractivity contribution < 1.29 is 19.4 Å². The Balaban J connectivity index is 2.23. The van der Waals surface area contributed by atoms with E-state index in [1.54, 1.807) is 30.3 Å². The average Bonchev–Trinajstić information content (AvgIpc) is 2.41. The standard InChI is InChI=1S/C15H12O4/c1-10(16)13-9-12(7-8-14(13)17)19-15(18)11-5-3-2-4-6-11/h2-9,17H,1H3. The number of carbonyl (C=O) groups is 2. The van der Waals surface area contributed by atoms with Crippen molar-refractivity contribution in [3.8, 4) is 11.5 Å². The molecule has 4 heteroatoms. The van der Waals surface area contributed by atoms with Gasteiger partial charge in [-0.3, -0.25) is 4.79 Å². The monoisotopic (exact) mass is 256 g/mol. The van der Waals surface area contributed by atoms with Crippen LogP contribution in [0.1, 0.15) is 27.6 Å². The van der Waals surface area contributed by atoms with Gasteiger partial charge in [0.15, 0.2) is 5.78 Å². The molecule has 0 aliphatic carbocycles. The molecule has 0 radical (unpaired) electrons. The number of benzene rings is 2. The highest BCUT2D eigenvalue weighted by atomic mass is 16.5. The first-order chi connectivity index (χ1) is 9.08. The van der Waals surface area contributed by atoms with Gasteiger partial charge < -0.3 is 9.84 Å². The van der Waals surface area contributed by atoms with Crippen LogP contribution in [0.15, 0.2) is 48.5 Å². The lowest BCUT2D eigenvalue weighted by Gasteiger charge is -2.06. The molecule has 0 saturated heterocycles. The van der Waals surface area contributed by atoms with E-state index in [1.807, 2.05) is 0 Å². The van der Waals surface area contributed by atoms with Gasteiger partial charge in [0.1, 0.15) is 11.5 Å². The van der Waals surface area contributed by atoms with Gasteiger partial charge in [0.05, 0.1) is 11.1 Å². The number of hydrogen-bond donors (Lipinski definition) is 1. The van der Waals surface area contributed by atoms with E-state index in [0.717, 1.165) is 0 Å². The summed E-state index contributed by atoms with van der Waals surface area (Å²) >= 11 is 0. The van der Waals surface area contributed by atoms with Gasteiger partial charge >= 0.3 is 5.97 Å². The molecule has 0 aliphatic heterocycles. The minimum Gasteiger partial charge on any atom is -0.507 e. The van der Waals surface area contributed by atoms with Crippen LogP contribution in [0.5, 0.6) is 11.5 Å². The second-order valence-electron chi connectivity index (χ2n) is 3.99. The molecule has 0 atom stereocenters. The van der Waals surface area contributed by atoms with Gasteiger partial charge in [0, 0.05) is 0 Å². The zero-order chi connectivity index (χ0) is 13.8. The zero-order valence-corrected chi connectivity index (χ0v) is 10.3. The fourth-order valence-corrected chi connectivity index (χ4v) is 1.60. The van der Waals surface area contributed by atoms with Gasteiger partial charge in [-0.05, 0) is 37.3 Å². The number of rotatable bonds is 3. The van der Waals surface area contributed by atoms with Gasteiger partial charge in [-0.15, -0.1) is 0 Å². The van der Waals surface area contributed by atoms with Crippen LogP contribution in [0, 0.1) is 0 Å². The Kier molecular flexibility index (Phi) is 3.61. The first-order valence-electron chi connectivity index (χ1n) is 5.69. The number of aromatic hydroxyl groups is 1. The SMILES string of the molecule is CC(=O)c1cc(OC(=O)c2ccccc2)ccc1O. The van der Waals surface area contributed by atoms with E-state index in [0.29, 0.717) is 5.56 Å². The predicted octanol–water partition coefficient (Wildman–Crippen LogP) is 2.81. The summed E-state index contributed by atoms with van der Waals surface area (Å²) in [7, 11) is 0. The first-order valence-corrected chi connectivity index (χ1v) is 5.69. The number of ketones is 1. The van der Waals surface area contributed by atoms with E-state index < -0.39 is 5.97 Å². The molecule has 1 N–H and O–H groups in total. The largest absolute Gasteiger partial charge is 0.507 e. The Morgan fingerprint density at radius 1 is 1.05 bits per heavy atom. The van der Waals surface area contributed by atoms with Crippen LogP contribution in [-0.4, -0.2) is 16.9 Å². The van der Waals surface area contributed by atoms with Crippen molar-refractivity contribution in [2.75, 3.05) is 0 Å². The summed E-state index contributed by atoms with van der Waals surface area (Å²) in [5.41, 5.74) is 0.540. The minimum atomic E-state index is -0.513. The third-order valence-corrected chi connectivity index (χ3v) is 2.57. The van der Waals surface area contributed by atoms with Crippen LogP contribution in [-0.2, 0) is 0 Å². The number of phenolic OH excluding ortho intramolecular Hbond substituents is 1. The maximum absolute atomic E-state index is 11.8. The number of carbonyl (C=O) groups excluding carboxylic acids is 2. The van der Waals surface area contributed by atoms with Crippen molar-refractivity contribution in [1.29, 1.82) is 0 Å². The van der Waals surface area contributed by atoms with E-state index in [2.05, 4.69) is 0 Å². The topological polar surface area (TPSA) is 63.6 Å². The lowest BCUT2D eigenvalue weighted by molar-refractivity contribution is 0.0733. The Morgan fingerprint density at radius 3 is 2.37 bits per heavy atom. The molecule has 96 valence electrons. The van der Waals surface area contributed by atoms with Crippen molar-refractivity contribution in [2.45, 2.75) is 6.92 Å². The van der Waals surface area contributed by atoms with Gasteiger partial charge in [0.25, 0.3) is 0 Å². The molecular weight excluding hydrogens is 244 g/mol. The molecule has 0 fully saturated rings. The molecule has 0 spiro atoms. The molecule has 0 saturated carbocycles. The number of esters is 1. The van der Waals surface area contributed by atoms with E-state index in [9.17, 15) is 14.7 Å². The predicted molar refractivity (Wildman–Crippen MR) is 69.5 cm³/mol. The zero-order valence-electron chi connectivity index (χ0n) is 10.3. The number of hydrogen-bond acceptors (Lipinski definition) is 4. The Labute approximate surface area is 110 Å². The maximum atomic E-state index is 11.8. The number of ether oxygens (including phenoxy) is 1. The molecule has 0 heterocycles. The van der Waals surface area contributed by atoms with Crippen molar-refractivity contribution in [1.82, 2.24) is 0 Å². The summed E-state index contributed by atoms with van der Waals surface area (Å²) in [4.78, 5) is 23.1. The summed E-state index contributed by atoms with van der Waals surface area (Å²) in [5.74, 6) is -0.722. The maximum Gasteiger partial charge on any atom is 0.343 e. The van der Waals surface area contributed by atoms with E-state index in [4.69, 9.17) is 4.74 Å². The third-order valence-electron chi connectivity index (χ3n) is 2.57. The van der Waals surface area contributed by atoms with Gasteiger partial charge in [0.2, 0.25) is 0 Å². The van der Waals surface area contributed by atoms with E-state index >= 15 is 0 Å². The Hall–Kier alpha value is -2.62. The highest BCUT2D eigenvalue weighted by molar-refractivity contribution is 5.97. The summed E-state index contributed by atoms with van der Waals surface area (Å²) in [6, 6.07) is 12.6. The van der Waals surface area contributed by atoms with Crippen LogP contribution < -0.4 is 4.74 Å². The van der Waals surface area contributed by atoms with Crippen LogP contribution in [0.3, 0.4) is 0 Å². The van der Waals surface area contributed by atoms with E-state index in [1.165, 1.54) is 25.1 Å². The molecular formula is C15H12O4. The van der Waals surface area contributed by atoms with Gasteiger partial charge in [-0.25, -0.2) is 4.79 Å². The van der Waals surface area contributed by atoms with Gasteiger partial charge in [-0.1, -0.05) is 18.2 Å². The molecule has 2 aromatic carbocycles. The Morgan fingerprint density at radius 2 is 1.74 bits per heavy atom. The summed E-state index contributed by atoms with van der Waals surface area (Å²) in [5, 5.41) is 9.50. The fourth-order valence-electron chi connectivity index (χ4n) is 1.60. The van der Waals surface area contributed by atoms with Gasteiger partial charge in [-0.2, -0.15) is 0 Å². The smallest absolute Gasteiger partial charge is 0.343 e. The van der Waals surface area contributed by atoms with Crippen molar-refractivity contribution in [3.05, 3.63) is 59.7 Å².